The molecule has 0 aliphatic heterocycles. The van der Waals surface area contributed by atoms with Crippen LogP contribution >= 0.6 is 0 Å². The molecular formula is C61H43N3. The third-order valence-electron chi connectivity index (χ3n) is 13.4. The van der Waals surface area contributed by atoms with Gasteiger partial charge in [0.1, 0.15) is 0 Å². The minimum Gasteiger partial charge on any atom is -0.208 e. The minimum atomic E-state index is -0.406. The second-order valence-corrected chi connectivity index (χ2v) is 17.1. The van der Waals surface area contributed by atoms with E-state index in [4.69, 9.17) is 15.0 Å². The standard InChI is InChI=1S/C61H43N3/c1-5-18-41(19-6-1)44-26-17-27-47(34-44)58-62-59(64-60(63-58)51-36-49(42-20-7-2-8-21-42)35-50(37-51)43-22-9-3-10-23-43)48-32-33-55-46-25-13-14-29-53(39-46)61(57(55)40-48)52-28-12-4-11-24-45(38-52)54-30-15-16-31-56(54)61/h1-23,25-40,52-53H,24H2/b11-4-,28-12-. The van der Waals surface area contributed by atoms with Crippen molar-refractivity contribution >= 4 is 11.1 Å². The third kappa shape index (κ3) is 6.48. The van der Waals surface area contributed by atoms with Gasteiger partial charge in [0.2, 0.25) is 0 Å². The molecule has 0 fully saturated rings. The van der Waals surface area contributed by atoms with E-state index in [2.05, 4.69) is 237 Å². The third-order valence-corrected chi connectivity index (χ3v) is 13.4. The Hall–Kier alpha value is -8.01. The van der Waals surface area contributed by atoms with Crippen molar-refractivity contribution < 1.29 is 0 Å². The van der Waals surface area contributed by atoms with Gasteiger partial charge in [0, 0.05) is 33.9 Å². The summed E-state index contributed by atoms with van der Waals surface area (Å²) in [5.74, 6) is 2.12. The van der Waals surface area contributed by atoms with E-state index in [1.54, 1.807) is 0 Å². The predicted molar refractivity (Wildman–Crippen MR) is 264 cm³/mol. The first-order valence-electron chi connectivity index (χ1n) is 22.2. The normalized spacial score (nSPS) is 19.9. The highest BCUT2D eigenvalue weighted by Crippen LogP contribution is 2.58. The highest BCUT2D eigenvalue weighted by Gasteiger charge is 2.51. The Labute approximate surface area is 374 Å². The molecule has 3 nitrogen and oxygen atoms in total. The number of nitrogens with zero attached hydrogens (tertiary/aromatic N) is 3. The van der Waals surface area contributed by atoms with Gasteiger partial charge in [0.25, 0.3) is 0 Å². The monoisotopic (exact) mass is 817 g/mol. The average Bonchev–Trinajstić information content (AvgIpc) is 3.59. The van der Waals surface area contributed by atoms with Crippen molar-refractivity contribution in [3.63, 3.8) is 0 Å². The van der Waals surface area contributed by atoms with E-state index in [1.807, 2.05) is 0 Å². The summed E-state index contributed by atoms with van der Waals surface area (Å²) < 4.78 is 0. The smallest absolute Gasteiger partial charge is 0.164 e. The van der Waals surface area contributed by atoms with Crippen LogP contribution in [-0.4, -0.2) is 15.0 Å². The van der Waals surface area contributed by atoms with Gasteiger partial charge in [-0.15, -0.1) is 0 Å². The summed E-state index contributed by atoms with van der Waals surface area (Å²) in [5.41, 5.74) is 17.0. The molecule has 1 spiro atoms. The maximum Gasteiger partial charge on any atom is 0.164 e. The molecule has 1 heterocycles. The van der Waals surface area contributed by atoms with Crippen LogP contribution in [0.5, 0.6) is 0 Å². The summed E-state index contributed by atoms with van der Waals surface area (Å²) >= 11 is 0. The summed E-state index contributed by atoms with van der Waals surface area (Å²) in [7, 11) is 0. The molecule has 0 radical (unpaired) electrons. The van der Waals surface area contributed by atoms with Gasteiger partial charge in [-0.25, -0.2) is 15.0 Å². The Morgan fingerprint density at radius 3 is 1.61 bits per heavy atom. The van der Waals surface area contributed by atoms with Crippen molar-refractivity contribution in [2.24, 2.45) is 11.8 Å². The second-order valence-electron chi connectivity index (χ2n) is 17.1. The molecule has 8 aromatic rings. The van der Waals surface area contributed by atoms with Gasteiger partial charge >= 0.3 is 0 Å². The van der Waals surface area contributed by atoms with E-state index in [0.29, 0.717) is 17.5 Å². The fourth-order valence-corrected chi connectivity index (χ4v) is 10.5. The highest BCUT2D eigenvalue weighted by atomic mass is 15.0. The van der Waals surface area contributed by atoms with Crippen LogP contribution in [0.4, 0.5) is 0 Å². The predicted octanol–water partition coefficient (Wildman–Crippen LogP) is 14.8. The first-order valence-corrected chi connectivity index (χ1v) is 22.2. The van der Waals surface area contributed by atoms with Crippen LogP contribution in [0.25, 0.3) is 78.7 Å². The van der Waals surface area contributed by atoms with Gasteiger partial charge in [-0.2, -0.15) is 0 Å². The molecule has 64 heavy (non-hydrogen) atoms. The van der Waals surface area contributed by atoms with Gasteiger partial charge in [-0.05, 0) is 104 Å². The van der Waals surface area contributed by atoms with Crippen molar-refractivity contribution in [3.8, 4) is 67.5 Å². The van der Waals surface area contributed by atoms with Crippen LogP contribution in [-0.2, 0) is 5.41 Å². The molecule has 12 rings (SSSR count). The van der Waals surface area contributed by atoms with Crippen LogP contribution in [0, 0.1) is 11.8 Å². The molecule has 0 saturated heterocycles. The van der Waals surface area contributed by atoms with Gasteiger partial charge in [0.05, 0.1) is 0 Å². The van der Waals surface area contributed by atoms with Gasteiger partial charge in [-0.1, -0.05) is 206 Å². The Balaban J connectivity index is 1.10. The lowest BCUT2D eigenvalue weighted by Crippen LogP contribution is -2.45. The molecule has 302 valence electrons. The zero-order valence-electron chi connectivity index (χ0n) is 35.2. The molecule has 0 saturated carbocycles. The minimum absolute atomic E-state index is 0.111. The molecule has 7 aromatic carbocycles. The SMILES string of the molecule is C1=CC2=CC(C=C1)C1(c3cc(-c4nc(-c5cccc(-c6ccccc6)c5)nc(-c5cc(-c6ccccc6)cc(-c6ccccc6)c5)n4)ccc32)c2ccccc2C2=CC1/C=C\C=C/C2. The maximum atomic E-state index is 5.46. The number of hydrogen-bond acceptors (Lipinski definition) is 3. The first kappa shape index (κ1) is 37.7. The van der Waals surface area contributed by atoms with E-state index in [1.165, 1.54) is 33.4 Å². The van der Waals surface area contributed by atoms with Crippen LogP contribution in [0.3, 0.4) is 0 Å². The van der Waals surface area contributed by atoms with Crippen LogP contribution in [0.1, 0.15) is 28.7 Å². The van der Waals surface area contributed by atoms with Crippen LogP contribution < -0.4 is 0 Å². The van der Waals surface area contributed by atoms with Crippen molar-refractivity contribution in [1.82, 2.24) is 15.0 Å². The summed E-state index contributed by atoms with van der Waals surface area (Å²) in [4.78, 5) is 16.2. The van der Waals surface area contributed by atoms with Crippen LogP contribution in [0.15, 0.2) is 237 Å². The van der Waals surface area contributed by atoms with Crippen molar-refractivity contribution in [3.05, 3.63) is 259 Å². The Morgan fingerprint density at radius 1 is 0.375 bits per heavy atom. The summed E-state index contributed by atoms with van der Waals surface area (Å²) in [6.07, 6.45) is 24.2. The lowest BCUT2D eigenvalue weighted by molar-refractivity contribution is 0.366. The molecule has 3 atom stereocenters. The average molecular weight is 818 g/mol. The molecule has 4 aliphatic carbocycles. The number of rotatable bonds is 6. The fourth-order valence-electron chi connectivity index (χ4n) is 10.5. The summed E-state index contributed by atoms with van der Waals surface area (Å²) in [6.45, 7) is 0. The van der Waals surface area contributed by atoms with Gasteiger partial charge in [-0.3, -0.25) is 0 Å². The Morgan fingerprint density at radius 2 is 0.906 bits per heavy atom. The summed E-state index contributed by atoms with van der Waals surface area (Å²) in [6, 6.07) is 62.9. The fraction of sp³-hybridized carbons (Fsp3) is 0.0656. The molecule has 1 aromatic heterocycles. The molecule has 4 aliphatic rings. The van der Waals surface area contributed by atoms with E-state index >= 15 is 0 Å². The Kier molecular flexibility index (Phi) is 9.26. The number of aromatic nitrogens is 3. The van der Waals surface area contributed by atoms with E-state index in [0.717, 1.165) is 56.5 Å². The zero-order valence-corrected chi connectivity index (χ0v) is 35.2. The second kappa shape index (κ2) is 15.7. The quantitative estimate of drug-likeness (QED) is 0.168. The van der Waals surface area contributed by atoms with Crippen molar-refractivity contribution in [2.75, 3.05) is 0 Å². The van der Waals surface area contributed by atoms with E-state index < -0.39 is 5.41 Å². The molecule has 4 bridgehead atoms. The Bertz CT molecular complexity index is 3240. The lowest BCUT2D eigenvalue weighted by atomic mass is 9.52. The van der Waals surface area contributed by atoms with E-state index in [-0.39, 0.29) is 11.8 Å². The highest BCUT2D eigenvalue weighted by molar-refractivity contribution is 5.87. The van der Waals surface area contributed by atoms with Gasteiger partial charge in [0.15, 0.2) is 17.5 Å². The molecule has 3 unspecified atom stereocenters. The van der Waals surface area contributed by atoms with Crippen molar-refractivity contribution in [2.45, 2.75) is 11.8 Å². The zero-order chi connectivity index (χ0) is 42.5. The molecule has 0 amide bonds. The van der Waals surface area contributed by atoms with Crippen LogP contribution in [0.2, 0.25) is 0 Å². The van der Waals surface area contributed by atoms with Gasteiger partial charge < -0.3 is 0 Å². The molecule has 0 N–H and O–H groups in total. The largest absolute Gasteiger partial charge is 0.208 e. The van der Waals surface area contributed by atoms with Crippen molar-refractivity contribution in [1.29, 1.82) is 0 Å². The molecule has 3 heteroatoms. The van der Waals surface area contributed by atoms with E-state index in [9.17, 15) is 0 Å². The molecular weight excluding hydrogens is 775 g/mol. The number of hydrogen-bond donors (Lipinski definition) is 0. The summed E-state index contributed by atoms with van der Waals surface area (Å²) in [5, 5.41) is 0. The first-order chi connectivity index (χ1) is 31.7. The number of benzene rings is 7. The lowest BCUT2D eigenvalue weighted by Gasteiger charge is -2.50. The topological polar surface area (TPSA) is 38.7 Å². The maximum absolute atomic E-state index is 5.46. The number of fused-ring (bicyclic) bond motifs is 10. The number of allylic oxidation sites excluding steroid dienone is 12.